The van der Waals surface area contributed by atoms with Gasteiger partial charge in [-0.25, -0.2) is 0 Å². The van der Waals surface area contributed by atoms with Crippen molar-refractivity contribution < 1.29 is 19.4 Å². The minimum atomic E-state index is -0.147. The summed E-state index contributed by atoms with van der Waals surface area (Å²) in [6.45, 7) is 11.6. The quantitative estimate of drug-likeness (QED) is 0.428. The molecule has 0 spiro atoms. The number of hydrogen-bond acceptors (Lipinski definition) is 5. The van der Waals surface area contributed by atoms with Crippen molar-refractivity contribution in [1.29, 1.82) is 0 Å². The first-order valence-corrected chi connectivity index (χ1v) is 10.9. The third-order valence-corrected chi connectivity index (χ3v) is 5.37. The van der Waals surface area contributed by atoms with E-state index in [-0.39, 0.29) is 29.5 Å². The fraction of sp³-hybridized carbons (Fsp3) is 0.708. The molecule has 1 saturated carbocycles. The Hall–Kier alpha value is -1.59. The summed E-state index contributed by atoms with van der Waals surface area (Å²) >= 11 is 0. The van der Waals surface area contributed by atoms with Crippen molar-refractivity contribution in [2.75, 3.05) is 26.3 Å². The van der Waals surface area contributed by atoms with Crippen LogP contribution in [0.3, 0.4) is 0 Å². The van der Waals surface area contributed by atoms with Gasteiger partial charge in [0.2, 0.25) is 0 Å². The van der Waals surface area contributed by atoms with Crippen LogP contribution in [-0.4, -0.2) is 43.5 Å². The topological polar surface area (TPSA) is 67.8 Å². The molecule has 5 nitrogen and oxygen atoms in total. The molecular weight excluding hydrogens is 366 g/mol. The average Bonchev–Trinajstić information content (AvgIpc) is 2.59. The zero-order valence-corrected chi connectivity index (χ0v) is 18.6. The summed E-state index contributed by atoms with van der Waals surface area (Å²) in [5.74, 6) is 0.666. The van der Waals surface area contributed by atoms with Gasteiger partial charge in [-0.1, -0.05) is 39.8 Å². The van der Waals surface area contributed by atoms with Gasteiger partial charge in [-0.15, -0.1) is 0 Å². The first kappa shape index (κ1) is 23.7. The smallest absolute Gasteiger partial charge is 0.310 e. The third-order valence-electron chi connectivity index (χ3n) is 5.37. The highest BCUT2D eigenvalue weighted by molar-refractivity contribution is 5.72. The highest BCUT2D eigenvalue weighted by Crippen LogP contribution is 2.46. The molecule has 164 valence electrons. The second kappa shape index (κ2) is 11.0. The van der Waals surface area contributed by atoms with Gasteiger partial charge in [0, 0.05) is 6.61 Å². The number of carbonyl (C=O) groups is 1. The van der Waals surface area contributed by atoms with E-state index in [4.69, 9.17) is 14.6 Å². The van der Waals surface area contributed by atoms with Crippen LogP contribution in [0.2, 0.25) is 0 Å². The zero-order valence-electron chi connectivity index (χ0n) is 18.6. The summed E-state index contributed by atoms with van der Waals surface area (Å²) in [5, 5.41) is 12.0. The van der Waals surface area contributed by atoms with Gasteiger partial charge in [-0.2, -0.15) is 0 Å². The van der Waals surface area contributed by atoms with Gasteiger partial charge >= 0.3 is 5.97 Å². The lowest BCUT2D eigenvalue weighted by molar-refractivity contribution is -0.154. The molecule has 5 heteroatoms. The Labute approximate surface area is 176 Å². The first-order chi connectivity index (χ1) is 13.7. The zero-order chi connectivity index (χ0) is 21.3. The Balaban J connectivity index is 1.71. The number of carbonyl (C=O) groups excluding carboxylic acids is 1. The lowest BCUT2D eigenvalue weighted by Gasteiger charge is -2.44. The van der Waals surface area contributed by atoms with Crippen LogP contribution in [0.1, 0.15) is 65.4 Å². The van der Waals surface area contributed by atoms with Crippen molar-refractivity contribution in [1.82, 2.24) is 5.32 Å². The molecule has 0 radical (unpaired) electrons. The molecular formula is C24H39NO4. The van der Waals surface area contributed by atoms with Crippen molar-refractivity contribution in [3.05, 3.63) is 29.8 Å². The van der Waals surface area contributed by atoms with Gasteiger partial charge < -0.3 is 19.9 Å². The Morgan fingerprint density at radius 2 is 1.69 bits per heavy atom. The van der Waals surface area contributed by atoms with E-state index >= 15 is 0 Å². The third kappa shape index (κ3) is 9.18. The number of aliphatic hydroxyl groups excluding tert-OH is 1. The van der Waals surface area contributed by atoms with Crippen molar-refractivity contribution in [2.24, 2.45) is 10.8 Å². The predicted molar refractivity (Wildman–Crippen MR) is 116 cm³/mol. The van der Waals surface area contributed by atoms with E-state index in [2.05, 4.69) is 33.0 Å². The highest BCUT2D eigenvalue weighted by Gasteiger charge is 2.39. The van der Waals surface area contributed by atoms with Crippen LogP contribution in [0, 0.1) is 10.8 Å². The van der Waals surface area contributed by atoms with E-state index in [1.165, 1.54) is 0 Å². The van der Waals surface area contributed by atoms with Gasteiger partial charge in [0.05, 0.1) is 13.0 Å². The molecule has 0 unspecified atom stereocenters. The number of nitrogens with one attached hydrogen (secondary N) is 1. The average molecular weight is 406 g/mol. The van der Waals surface area contributed by atoms with E-state index in [9.17, 15) is 4.79 Å². The molecule has 0 amide bonds. The maximum absolute atomic E-state index is 12.4. The SMILES string of the molecule is CC1(C)CC(OC(=O)Cc2ccc(OCCCNCCCO)cc2)CC(C)(C)C1. The molecule has 0 atom stereocenters. The summed E-state index contributed by atoms with van der Waals surface area (Å²) in [5.41, 5.74) is 1.36. The van der Waals surface area contributed by atoms with Crippen molar-refractivity contribution in [3.63, 3.8) is 0 Å². The van der Waals surface area contributed by atoms with Crippen LogP contribution in [0.15, 0.2) is 24.3 Å². The molecule has 2 N–H and O–H groups in total. The predicted octanol–water partition coefficient (Wildman–Crippen LogP) is 4.12. The highest BCUT2D eigenvalue weighted by atomic mass is 16.5. The molecule has 1 aliphatic rings. The standard InChI is InChI=1S/C24H39NO4/c1-23(2)16-21(17-24(3,4)18-23)29-22(27)15-19-7-9-20(10-8-19)28-14-6-12-25-11-5-13-26/h7-10,21,25-26H,5-6,11-18H2,1-4H3. The maximum Gasteiger partial charge on any atom is 0.310 e. The number of benzene rings is 1. The number of ether oxygens (including phenoxy) is 2. The van der Waals surface area contributed by atoms with Gasteiger partial charge in [0.15, 0.2) is 0 Å². The van der Waals surface area contributed by atoms with E-state index < -0.39 is 0 Å². The second-order valence-corrected chi connectivity index (χ2v) is 9.88. The Bertz CT molecular complexity index is 608. The minimum absolute atomic E-state index is 0.00911. The first-order valence-electron chi connectivity index (χ1n) is 10.9. The van der Waals surface area contributed by atoms with Crippen molar-refractivity contribution in [3.8, 4) is 5.75 Å². The molecule has 0 saturated heterocycles. The molecule has 1 aromatic carbocycles. The summed E-state index contributed by atoms with van der Waals surface area (Å²) in [6.07, 6.45) is 5.03. The Morgan fingerprint density at radius 3 is 2.31 bits per heavy atom. The molecule has 1 fully saturated rings. The van der Waals surface area contributed by atoms with E-state index in [1.54, 1.807) is 0 Å². The van der Waals surface area contributed by atoms with Crippen LogP contribution in [-0.2, 0) is 16.0 Å². The molecule has 2 rings (SSSR count). The van der Waals surface area contributed by atoms with Crippen LogP contribution in [0.5, 0.6) is 5.75 Å². The monoisotopic (exact) mass is 405 g/mol. The van der Waals surface area contributed by atoms with Crippen LogP contribution >= 0.6 is 0 Å². The maximum atomic E-state index is 12.4. The molecule has 0 heterocycles. The van der Waals surface area contributed by atoms with E-state index in [0.29, 0.717) is 13.0 Å². The lowest BCUT2D eigenvalue weighted by atomic mass is 9.64. The van der Waals surface area contributed by atoms with E-state index in [1.807, 2.05) is 24.3 Å². The van der Waals surface area contributed by atoms with Crippen LogP contribution < -0.4 is 10.1 Å². The number of aliphatic hydroxyl groups is 1. The van der Waals surface area contributed by atoms with Crippen LogP contribution in [0.4, 0.5) is 0 Å². The largest absolute Gasteiger partial charge is 0.494 e. The van der Waals surface area contributed by atoms with Gasteiger partial charge in [-0.3, -0.25) is 4.79 Å². The van der Waals surface area contributed by atoms with Gasteiger partial charge in [-0.05, 0) is 73.7 Å². The Morgan fingerprint density at radius 1 is 1.07 bits per heavy atom. The molecule has 0 aromatic heterocycles. The summed E-state index contributed by atoms with van der Waals surface area (Å²) in [7, 11) is 0. The molecule has 1 aromatic rings. The normalized spacial score (nSPS) is 18.4. The molecule has 0 aliphatic heterocycles. The van der Waals surface area contributed by atoms with Crippen molar-refractivity contribution >= 4 is 5.97 Å². The molecule has 1 aliphatic carbocycles. The van der Waals surface area contributed by atoms with Crippen LogP contribution in [0.25, 0.3) is 0 Å². The van der Waals surface area contributed by atoms with E-state index in [0.717, 1.165) is 56.5 Å². The summed E-state index contributed by atoms with van der Waals surface area (Å²) in [6, 6.07) is 7.69. The second-order valence-electron chi connectivity index (χ2n) is 9.88. The van der Waals surface area contributed by atoms with Gasteiger partial charge in [0.25, 0.3) is 0 Å². The number of esters is 1. The number of hydrogen-bond donors (Lipinski definition) is 2. The lowest BCUT2D eigenvalue weighted by Crippen LogP contribution is -2.39. The number of rotatable bonds is 11. The van der Waals surface area contributed by atoms with Crippen molar-refractivity contribution in [2.45, 2.75) is 72.3 Å². The Kier molecular flexibility index (Phi) is 8.97. The van der Waals surface area contributed by atoms with Gasteiger partial charge in [0.1, 0.15) is 11.9 Å². The molecule has 0 bridgehead atoms. The molecule has 29 heavy (non-hydrogen) atoms. The summed E-state index contributed by atoms with van der Waals surface area (Å²) in [4.78, 5) is 12.4. The minimum Gasteiger partial charge on any atom is -0.494 e. The fourth-order valence-electron chi connectivity index (χ4n) is 4.64. The fourth-order valence-corrected chi connectivity index (χ4v) is 4.64. The summed E-state index contributed by atoms with van der Waals surface area (Å²) < 4.78 is 11.6.